The zero-order valence-electron chi connectivity index (χ0n) is 9.38. The summed E-state index contributed by atoms with van der Waals surface area (Å²) in [5.74, 6) is 1.12. The first-order valence-electron chi connectivity index (χ1n) is 5.24. The van der Waals surface area contributed by atoms with Crippen LogP contribution in [-0.4, -0.2) is 32.8 Å². The Balaban J connectivity index is 2.11. The molecule has 5 nitrogen and oxygen atoms in total. The highest BCUT2D eigenvalue weighted by Crippen LogP contribution is 2.39. The Morgan fingerprint density at radius 3 is 3.00 bits per heavy atom. The Morgan fingerprint density at radius 1 is 1.41 bits per heavy atom. The molecule has 0 radical (unpaired) electrons. The van der Waals surface area contributed by atoms with Gasteiger partial charge in [-0.05, 0) is 35.1 Å². The van der Waals surface area contributed by atoms with Crippen molar-refractivity contribution >= 4 is 21.8 Å². The van der Waals surface area contributed by atoms with Crippen LogP contribution < -0.4 is 20.1 Å². The van der Waals surface area contributed by atoms with Crippen LogP contribution in [0.3, 0.4) is 0 Å². The van der Waals surface area contributed by atoms with Gasteiger partial charge in [0, 0.05) is 18.7 Å². The molecule has 1 aromatic rings. The number of benzene rings is 1. The number of amides is 1. The quantitative estimate of drug-likeness (QED) is 0.819. The van der Waals surface area contributed by atoms with E-state index in [-0.39, 0.29) is 12.7 Å². The molecule has 1 aliphatic rings. The van der Waals surface area contributed by atoms with Crippen molar-refractivity contribution in [3.05, 3.63) is 22.2 Å². The summed E-state index contributed by atoms with van der Waals surface area (Å²) in [4.78, 5) is 11.8. The van der Waals surface area contributed by atoms with Crippen molar-refractivity contribution < 1.29 is 14.3 Å². The summed E-state index contributed by atoms with van der Waals surface area (Å²) in [6.45, 7) is 1.51. The number of rotatable bonds is 4. The number of likely N-dealkylation sites (N-methyl/N-ethyl adjacent to an activating group) is 1. The van der Waals surface area contributed by atoms with Gasteiger partial charge in [-0.15, -0.1) is 0 Å². The second-order valence-electron chi connectivity index (χ2n) is 3.55. The number of hydrogen-bond acceptors (Lipinski definition) is 4. The van der Waals surface area contributed by atoms with E-state index in [1.807, 2.05) is 7.05 Å². The van der Waals surface area contributed by atoms with Gasteiger partial charge in [-0.3, -0.25) is 4.79 Å². The molecule has 6 heteroatoms. The third-order valence-electron chi connectivity index (χ3n) is 2.35. The molecule has 0 spiro atoms. The first-order valence-corrected chi connectivity index (χ1v) is 6.03. The van der Waals surface area contributed by atoms with E-state index in [1.54, 1.807) is 12.1 Å². The predicted molar refractivity (Wildman–Crippen MR) is 66.5 cm³/mol. The molecule has 0 saturated heterocycles. The largest absolute Gasteiger partial charge is 0.454 e. The van der Waals surface area contributed by atoms with Crippen LogP contribution >= 0.6 is 15.9 Å². The molecule has 0 unspecified atom stereocenters. The molecule has 0 saturated carbocycles. The van der Waals surface area contributed by atoms with Crippen molar-refractivity contribution in [3.8, 4) is 11.5 Å². The molecule has 17 heavy (non-hydrogen) atoms. The van der Waals surface area contributed by atoms with Gasteiger partial charge in [0.2, 0.25) is 6.79 Å². The summed E-state index contributed by atoms with van der Waals surface area (Å²) in [7, 11) is 1.84. The van der Waals surface area contributed by atoms with Crippen LogP contribution in [0.15, 0.2) is 16.6 Å². The molecule has 92 valence electrons. The number of carbonyl (C=O) groups is 1. The highest BCUT2D eigenvalue weighted by Gasteiger charge is 2.20. The van der Waals surface area contributed by atoms with E-state index in [2.05, 4.69) is 26.6 Å². The van der Waals surface area contributed by atoms with Crippen LogP contribution in [-0.2, 0) is 0 Å². The van der Waals surface area contributed by atoms with Crippen LogP contribution in [0.5, 0.6) is 11.5 Å². The topological polar surface area (TPSA) is 59.6 Å². The highest BCUT2D eigenvalue weighted by atomic mass is 79.9. The molecule has 0 aromatic heterocycles. The maximum Gasteiger partial charge on any atom is 0.251 e. The second-order valence-corrected chi connectivity index (χ2v) is 4.41. The number of halogens is 1. The molecule has 1 aliphatic heterocycles. The number of fused-ring (bicyclic) bond motifs is 1. The standard InChI is InChI=1S/C11H13BrN2O3/c1-13-2-3-14-11(15)7-4-8(12)10-9(5-7)16-6-17-10/h4-5,13H,2-3,6H2,1H3,(H,14,15). The molecule has 1 amide bonds. The summed E-state index contributed by atoms with van der Waals surface area (Å²) < 4.78 is 11.2. The van der Waals surface area contributed by atoms with Gasteiger partial charge in [0.05, 0.1) is 4.47 Å². The van der Waals surface area contributed by atoms with E-state index in [1.165, 1.54) is 0 Å². The lowest BCUT2D eigenvalue weighted by molar-refractivity contribution is 0.0953. The van der Waals surface area contributed by atoms with Gasteiger partial charge in [0.15, 0.2) is 11.5 Å². The molecule has 0 fully saturated rings. The summed E-state index contributed by atoms with van der Waals surface area (Å²) in [6.07, 6.45) is 0. The molecule has 0 aliphatic carbocycles. The van der Waals surface area contributed by atoms with Crippen LogP contribution in [0.4, 0.5) is 0 Å². The fourth-order valence-electron chi connectivity index (χ4n) is 1.50. The van der Waals surface area contributed by atoms with Crippen LogP contribution in [0.25, 0.3) is 0 Å². The minimum absolute atomic E-state index is 0.126. The SMILES string of the molecule is CNCCNC(=O)c1cc(Br)c2c(c1)OCO2. The van der Waals surface area contributed by atoms with Gasteiger partial charge in [0.1, 0.15) is 0 Å². The van der Waals surface area contributed by atoms with Crippen molar-refractivity contribution in [3.63, 3.8) is 0 Å². The van der Waals surface area contributed by atoms with Crippen molar-refractivity contribution in [2.45, 2.75) is 0 Å². The molecule has 1 aromatic carbocycles. The smallest absolute Gasteiger partial charge is 0.251 e. The van der Waals surface area contributed by atoms with E-state index in [4.69, 9.17) is 9.47 Å². The normalized spacial score (nSPS) is 12.6. The summed E-state index contributed by atoms with van der Waals surface area (Å²) in [6, 6.07) is 3.41. The molecule has 0 atom stereocenters. The predicted octanol–water partition coefficient (Wildman–Crippen LogP) is 1.13. The zero-order valence-corrected chi connectivity index (χ0v) is 11.0. The first-order chi connectivity index (χ1) is 8.22. The molecule has 0 bridgehead atoms. The van der Waals surface area contributed by atoms with Gasteiger partial charge in [-0.2, -0.15) is 0 Å². The van der Waals surface area contributed by atoms with Crippen molar-refractivity contribution in [1.29, 1.82) is 0 Å². The Hall–Kier alpha value is -1.27. The summed E-state index contributed by atoms with van der Waals surface area (Å²) in [5, 5.41) is 5.76. The molecule has 2 N–H and O–H groups in total. The summed E-state index contributed by atoms with van der Waals surface area (Å²) >= 11 is 3.35. The average Bonchev–Trinajstić information content (AvgIpc) is 2.77. The van der Waals surface area contributed by atoms with E-state index in [9.17, 15) is 4.79 Å². The van der Waals surface area contributed by atoms with Gasteiger partial charge in [-0.1, -0.05) is 0 Å². The Bertz CT molecular complexity index is 437. The zero-order chi connectivity index (χ0) is 12.3. The van der Waals surface area contributed by atoms with Crippen LogP contribution in [0.1, 0.15) is 10.4 Å². The monoisotopic (exact) mass is 300 g/mol. The number of ether oxygens (including phenoxy) is 2. The Labute approximate surface area is 108 Å². The fourth-order valence-corrected chi connectivity index (χ4v) is 2.06. The van der Waals surface area contributed by atoms with Gasteiger partial charge >= 0.3 is 0 Å². The fraction of sp³-hybridized carbons (Fsp3) is 0.364. The van der Waals surface area contributed by atoms with E-state index >= 15 is 0 Å². The highest BCUT2D eigenvalue weighted by molar-refractivity contribution is 9.10. The second kappa shape index (κ2) is 5.37. The first kappa shape index (κ1) is 12.2. The number of nitrogens with one attached hydrogen (secondary N) is 2. The van der Waals surface area contributed by atoms with Crippen molar-refractivity contribution in [1.82, 2.24) is 10.6 Å². The minimum Gasteiger partial charge on any atom is -0.454 e. The van der Waals surface area contributed by atoms with Crippen LogP contribution in [0.2, 0.25) is 0 Å². The lowest BCUT2D eigenvalue weighted by atomic mass is 10.2. The molecular weight excluding hydrogens is 288 g/mol. The third kappa shape index (κ3) is 2.70. The van der Waals surface area contributed by atoms with Gasteiger partial charge in [0.25, 0.3) is 5.91 Å². The lowest BCUT2D eigenvalue weighted by Crippen LogP contribution is -2.30. The van der Waals surface area contributed by atoms with Crippen LogP contribution in [0, 0.1) is 0 Å². The summed E-state index contributed by atoms with van der Waals surface area (Å²) in [5.41, 5.74) is 0.553. The van der Waals surface area contributed by atoms with Crippen molar-refractivity contribution in [2.75, 3.05) is 26.9 Å². The molecule has 1 heterocycles. The number of hydrogen-bond donors (Lipinski definition) is 2. The molecular formula is C11H13BrN2O3. The third-order valence-corrected chi connectivity index (χ3v) is 2.94. The van der Waals surface area contributed by atoms with Crippen molar-refractivity contribution in [2.24, 2.45) is 0 Å². The van der Waals surface area contributed by atoms with E-state index < -0.39 is 0 Å². The minimum atomic E-state index is -0.126. The lowest BCUT2D eigenvalue weighted by Gasteiger charge is -2.06. The van der Waals surface area contributed by atoms with E-state index in [0.29, 0.717) is 23.6 Å². The van der Waals surface area contributed by atoms with E-state index in [0.717, 1.165) is 11.0 Å². The average molecular weight is 301 g/mol. The molecule has 2 rings (SSSR count). The number of carbonyl (C=O) groups excluding carboxylic acids is 1. The van der Waals surface area contributed by atoms with Gasteiger partial charge < -0.3 is 20.1 Å². The van der Waals surface area contributed by atoms with Gasteiger partial charge in [-0.25, -0.2) is 0 Å². The Kier molecular flexibility index (Phi) is 3.86. The Morgan fingerprint density at radius 2 is 2.24 bits per heavy atom. The maximum absolute atomic E-state index is 11.8. The maximum atomic E-state index is 11.8.